The van der Waals surface area contributed by atoms with Crippen LogP contribution in [0.3, 0.4) is 0 Å². The molecule has 0 aromatic rings. The second-order valence-corrected chi connectivity index (χ2v) is 6.21. The van der Waals surface area contributed by atoms with Crippen LogP contribution in [0.1, 0.15) is 84.0 Å². The Hall–Kier alpha value is -1.45. The summed E-state index contributed by atoms with van der Waals surface area (Å²) in [7, 11) is 1.42. The molecule has 1 fully saturated rings. The Balaban J connectivity index is 1.81. The lowest BCUT2D eigenvalue weighted by molar-refractivity contribution is -0.140. The van der Waals surface area contributed by atoms with Crippen LogP contribution in [-0.4, -0.2) is 25.3 Å². The minimum atomic E-state index is -0.151. The van der Waals surface area contributed by atoms with Crippen LogP contribution in [0.2, 0.25) is 0 Å². The largest absolute Gasteiger partial charge is 0.469 e. The molecule has 1 rings (SSSR count). The Labute approximate surface area is 147 Å². The first-order chi connectivity index (χ1) is 11.8. The molecule has 0 saturated carbocycles. The average Bonchev–Trinajstić information content (AvgIpc) is 3.36. The zero-order valence-electron chi connectivity index (χ0n) is 15.4. The molecule has 1 saturated heterocycles. The van der Waals surface area contributed by atoms with E-state index in [0.29, 0.717) is 18.6 Å². The van der Waals surface area contributed by atoms with E-state index in [4.69, 9.17) is 4.74 Å². The van der Waals surface area contributed by atoms with Gasteiger partial charge in [0, 0.05) is 32.1 Å². The number of unbranched alkanes of at least 4 members (excludes halogenated alkanes) is 6. The lowest BCUT2D eigenvalue weighted by Crippen LogP contribution is -1.98. The van der Waals surface area contributed by atoms with Crippen molar-refractivity contribution in [2.45, 2.75) is 96.2 Å². The number of hydrogen-bond acceptors (Lipinski definition) is 3. The molecule has 0 bridgehead atoms. The molecule has 0 spiro atoms. The van der Waals surface area contributed by atoms with Crippen molar-refractivity contribution in [3.05, 3.63) is 0 Å². The SMILES string of the molecule is CC[C@H]1O[C@H]1CCCCC#CCCCCC#CCCCC(=O)OC. The number of rotatable bonds is 11. The number of epoxide rings is 1. The van der Waals surface area contributed by atoms with Crippen LogP contribution < -0.4 is 0 Å². The maximum atomic E-state index is 10.9. The highest BCUT2D eigenvalue weighted by Crippen LogP contribution is 2.29. The van der Waals surface area contributed by atoms with Gasteiger partial charge < -0.3 is 9.47 Å². The van der Waals surface area contributed by atoms with Gasteiger partial charge >= 0.3 is 5.97 Å². The molecule has 0 unspecified atom stereocenters. The number of ether oxygens (including phenoxy) is 2. The molecular formula is C21H32O3. The third-order valence-electron chi connectivity index (χ3n) is 4.14. The van der Waals surface area contributed by atoms with E-state index in [0.717, 1.165) is 51.4 Å². The predicted octanol–water partition coefficient (Wildman–Crippen LogP) is 4.63. The number of hydrogen-bond donors (Lipinski definition) is 0. The first kappa shape index (κ1) is 20.6. The molecule has 0 aliphatic carbocycles. The van der Waals surface area contributed by atoms with Crippen molar-refractivity contribution in [2.24, 2.45) is 0 Å². The van der Waals surface area contributed by atoms with Crippen LogP contribution >= 0.6 is 0 Å². The van der Waals surface area contributed by atoms with Crippen molar-refractivity contribution >= 4 is 5.97 Å². The van der Waals surface area contributed by atoms with E-state index < -0.39 is 0 Å². The maximum absolute atomic E-state index is 10.9. The fourth-order valence-corrected chi connectivity index (χ4v) is 2.55. The molecule has 0 amide bonds. The number of esters is 1. The molecule has 24 heavy (non-hydrogen) atoms. The van der Waals surface area contributed by atoms with E-state index in [2.05, 4.69) is 35.3 Å². The van der Waals surface area contributed by atoms with E-state index in [1.165, 1.54) is 26.4 Å². The van der Waals surface area contributed by atoms with Crippen LogP contribution in [0.5, 0.6) is 0 Å². The van der Waals surface area contributed by atoms with Gasteiger partial charge in [-0.25, -0.2) is 0 Å². The molecule has 0 aromatic heterocycles. The van der Waals surface area contributed by atoms with E-state index >= 15 is 0 Å². The van der Waals surface area contributed by atoms with Gasteiger partial charge in [-0.05, 0) is 44.9 Å². The third-order valence-corrected chi connectivity index (χ3v) is 4.14. The van der Waals surface area contributed by atoms with Crippen molar-refractivity contribution in [3.8, 4) is 23.7 Å². The zero-order chi connectivity index (χ0) is 17.5. The summed E-state index contributed by atoms with van der Waals surface area (Å²) in [6, 6.07) is 0. The number of carbonyl (C=O) groups is 1. The fourth-order valence-electron chi connectivity index (χ4n) is 2.55. The van der Waals surface area contributed by atoms with Crippen LogP contribution in [-0.2, 0) is 14.3 Å². The van der Waals surface area contributed by atoms with Crippen molar-refractivity contribution < 1.29 is 14.3 Å². The van der Waals surface area contributed by atoms with Crippen LogP contribution in [0.4, 0.5) is 0 Å². The fraction of sp³-hybridized carbons (Fsp3) is 0.762. The van der Waals surface area contributed by atoms with Gasteiger partial charge in [-0.15, -0.1) is 23.7 Å². The van der Waals surface area contributed by atoms with Crippen molar-refractivity contribution in [2.75, 3.05) is 7.11 Å². The number of carbonyl (C=O) groups excluding carboxylic acids is 1. The van der Waals surface area contributed by atoms with Gasteiger partial charge in [0.15, 0.2) is 0 Å². The molecule has 1 aliphatic heterocycles. The van der Waals surface area contributed by atoms with Gasteiger partial charge in [-0.2, -0.15) is 0 Å². The lowest BCUT2D eigenvalue weighted by Gasteiger charge is -1.94. The summed E-state index contributed by atoms with van der Waals surface area (Å²) < 4.78 is 10.1. The van der Waals surface area contributed by atoms with Gasteiger partial charge in [0.1, 0.15) is 0 Å². The van der Waals surface area contributed by atoms with Crippen molar-refractivity contribution in [3.63, 3.8) is 0 Å². The molecule has 134 valence electrons. The van der Waals surface area contributed by atoms with Gasteiger partial charge in [-0.1, -0.05) is 6.92 Å². The summed E-state index contributed by atoms with van der Waals surface area (Å²) in [4.78, 5) is 10.9. The van der Waals surface area contributed by atoms with Gasteiger partial charge in [0.25, 0.3) is 0 Å². The van der Waals surface area contributed by atoms with Crippen molar-refractivity contribution in [1.29, 1.82) is 0 Å². The van der Waals surface area contributed by atoms with E-state index in [1.807, 2.05) is 0 Å². The Kier molecular flexibility index (Phi) is 12.0. The normalized spacial score (nSPS) is 18.1. The van der Waals surface area contributed by atoms with Gasteiger partial charge in [0.2, 0.25) is 0 Å². The Bertz CT molecular complexity index is 461. The number of methoxy groups -OCH3 is 1. The zero-order valence-corrected chi connectivity index (χ0v) is 15.4. The molecule has 0 aromatic carbocycles. The minimum absolute atomic E-state index is 0.151. The lowest BCUT2D eigenvalue weighted by atomic mass is 10.1. The summed E-state index contributed by atoms with van der Waals surface area (Å²) in [5.41, 5.74) is 0. The molecule has 2 atom stereocenters. The summed E-state index contributed by atoms with van der Waals surface area (Å²) in [5.74, 6) is 12.6. The Morgan fingerprint density at radius 3 is 1.92 bits per heavy atom. The smallest absolute Gasteiger partial charge is 0.305 e. The first-order valence-corrected chi connectivity index (χ1v) is 9.41. The van der Waals surface area contributed by atoms with Crippen LogP contribution in [0.15, 0.2) is 0 Å². The third kappa shape index (κ3) is 11.1. The standard InChI is InChI=1S/C21H32O3/c1-3-19-20(24-19)17-15-13-11-9-7-5-4-6-8-10-12-14-16-18-21(22)23-2/h19-20H,3-6,8,11,13-18H2,1-2H3/t19-,20+/m1/s1. The van der Waals surface area contributed by atoms with E-state index in [9.17, 15) is 4.79 Å². The highest BCUT2D eigenvalue weighted by molar-refractivity contribution is 5.69. The summed E-state index contributed by atoms with van der Waals surface area (Å²) in [6.45, 7) is 2.19. The van der Waals surface area contributed by atoms with Gasteiger partial charge in [-0.3, -0.25) is 4.79 Å². The van der Waals surface area contributed by atoms with Gasteiger partial charge in [0.05, 0.1) is 19.3 Å². The van der Waals surface area contributed by atoms with Crippen molar-refractivity contribution in [1.82, 2.24) is 0 Å². The molecule has 3 nitrogen and oxygen atoms in total. The van der Waals surface area contributed by atoms with Crippen LogP contribution in [0, 0.1) is 23.7 Å². The second-order valence-electron chi connectivity index (χ2n) is 6.21. The Morgan fingerprint density at radius 2 is 1.42 bits per heavy atom. The van der Waals surface area contributed by atoms with E-state index in [1.54, 1.807) is 0 Å². The molecule has 3 heteroatoms. The summed E-state index contributed by atoms with van der Waals surface area (Å²) in [6.07, 6.45) is 13.1. The van der Waals surface area contributed by atoms with E-state index in [-0.39, 0.29) is 5.97 Å². The minimum Gasteiger partial charge on any atom is -0.469 e. The molecule has 1 aliphatic rings. The summed E-state index contributed by atoms with van der Waals surface area (Å²) >= 11 is 0. The quantitative estimate of drug-likeness (QED) is 0.239. The highest BCUT2D eigenvalue weighted by atomic mass is 16.6. The second kappa shape index (κ2) is 13.9. The highest BCUT2D eigenvalue weighted by Gasteiger charge is 2.35. The van der Waals surface area contributed by atoms with Crippen LogP contribution in [0.25, 0.3) is 0 Å². The summed E-state index contributed by atoms with van der Waals surface area (Å²) in [5, 5.41) is 0. The average molecular weight is 332 g/mol. The molecule has 1 heterocycles. The molecular weight excluding hydrogens is 300 g/mol. The topological polar surface area (TPSA) is 38.8 Å². The predicted molar refractivity (Wildman–Crippen MR) is 97.3 cm³/mol. The molecule has 0 radical (unpaired) electrons. The first-order valence-electron chi connectivity index (χ1n) is 9.41. The molecule has 0 N–H and O–H groups in total. The maximum Gasteiger partial charge on any atom is 0.305 e. The Morgan fingerprint density at radius 1 is 0.875 bits per heavy atom. The monoisotopic (exact) mass is 332 g/mol.